The minimum atomic E-state index is 0.899. The molecule has 0 aliphatic heterocycles. The van der Waals surface area contributed by atoms with Crippen molar-refractivity contribution in [2.45, 2.75) is 12.8 Å². The van der Waals surface area contributed by atoms with Gasteiger partial charge in [-0.05, 0) is 83.6 Å². The number of benzene rings is 7. The Morgan fingerprint density at radius 2 is 0.980 bits per heavy atom. The van der Waals surface area contributed by atoms with E-state index >= 15 is 0 Å². The highest BCUT2D eigenvalue weighted by molar-refractivity contribution is 6.09. The third kappa shape index (κ3) is 5.05. The zero-order chi connectivity index (χ0) is 33.7. The van der Waals surface area contributed by atoms with E-state index in [0.717, 1.165) is 91.0 Å². The second-order valence-electron chi connectivity index (χ2n) is 13.2. The Kier molecular flexibility index (Phi) is 6.95. The Hall–Kier alpha value is -6.58. The second kappa shape index (κ2) is 12.1. The lowest BCUT2D eigenvalue weighted by atomic mass is 9.97. The first kappa shape index (κ1) is 29.3. The smallest absolute Gasteiger partial charge is 0.143 e. The number of anilines is 3. The highest BCUT2D eigenvalue weighted by atomic mass is 16.3. The summed E-state index contributed by atoms with van der Waals surface area (Å²) in [7, 11) is 0. The van der Waals surface area contributed by atoms with Gasteiger partial charge in [0.05, 0.1) is 0 Å². The predicted octanol–water partition coefficient (Wildman–Crippen LogP) is 13.8. The number of rotatable bonds is 6. The van der Waals surface area contributed by atoms with E-state index in [1.165, 1.54) is 16.5 Å². The molecule has 0 saturated heterocycles. The van der Waals surface area contributed by atoms with Gasteiger partial charge in [-0.25, -0.2) is 0 Å². The molecule has 0 spiro atoms. The molecule has 242 valence electrons. The number of allylic oxidation sites excluding steroid dienone is 1. The van der Waals surface area contributed by atoms with Crippen molar-refractivity contribution in [3.05, 3.63) is 181 Å². The fourth-order valence-corrected chi connectivity index (χ4v) is 7.73. The van der Waals surface area contributed by atoms with Crippen molar-refractivity contribution in [2.24, 2.45) is 0 Å². The van der Waals surface area contributed by atoms with Crippen molar-refractivity contribution >= 4 is 56.0 Å². The molecule has 2 heterocycles. The van der Waals surface area contributed by atoms with Crippen LogP contribution >= 0.6 is 0 Å². The average Bonchev–Trinajstić information content (AvgIpc) is 3.78. The maximum Gasteiger partial charge on any atom is 0.143 e. The van der Waals surface area contributed by atoms with Gasteiger partial charge in [0, 0.05) is 49.9 Å². The standard InChI is InChI=1S/C48H33NO2/c1-2-13-32(14-3-1)33-15-8-18-36(29-33)49(37-19-9-16-34(30-37)39-23-11-25-43-41-21-4-6-27-45(41)50-47(39)43)38-20-10-17-35(31-38)40-24-12-26-44-42-22-5-7-28-46(42)51-48(40)44/h1-4,6-21,23-31H,5,22H2. The van der Waals surface area contributed by atoms with E-state index in [2.05, 4.69) is 169 Å². The van der Waals surface area contributed by atoms with Crippen molar-refractivity contribution in [2.75, 3.05) is 4.90 Å². The zero-order valence-electron chi connectivity index (χ0n) is 27.9. The zero-order valence-corrected chi connectivity index (χ0v) is 27.9. The van der Waals surface area contributed by atoms with Crippen LogP contribution in [-0.4, -0.2) is 0 Å². The minimum absolute atomic E-state index is 0.899. The molecule has 1 aliphatic rings. The van der Waals surface area contributed by atoms with E-state index in [1.807, 2.05) is 12.1 Å². The van der Waals surface area contributed by atoms with Crippen LogP contribution in [-0.2, 0) is 6.42 Å². The number of hydrogen-bond acceptors (Lipinski definition) is 3. The number of para-hydroxylation sites is 3. The van der Waals surface area contributed by atoms with E-state index in [-0.39, 0.29) is 0 Å². The van der Waals surface area contributed by atoms with Crippen molar-refractivity contribution < 1.29 is 8.83 Å². The average molecular weight is 656 g/mol. The van der Waals surface area contributed by atoms with E-state index in [9.17, 15) is 0 Å². The van der Waals surface area contributed by atoms with E-state index in [0.29, 0.717) is 0 Å². The van der Waals surface area contributed by atoms with Gasteiger partial charge in [0.1, 0.15) is 22.5 Å². The molecule has 0 saturated carbocycles. The van der Waals surface area contributed by atoms with Gasteiger partial charge in [-0.1, -0.05) is 127 Å². The van der Waals surface area contributed by atoms with Gasteiger partial charge in [-0.3, -0.25) is 0 Å². The Morgan fingerprint density at radius 1 is 0.431 bits per heavy atom. The minimum Gasteiger partial charge on any atom is -0.456 e. The van der Waals surface area contributed by atoms with Crippen LogP contribution in [0, 0.1) is 0 Å². The summed E-state index contributed by atoms with van der Waals surface area (Å²) in [6.45, 7) is 0. The largest absolute Gasteiger partial charge is 0.456 e. The van der Waals surface area contributed by atoms with E-state index in [4.69, 9.17) is 8.83 Å². The molecule has 10 rings (SSSR count). The van der Waals surface area contributed by atoms with Crippen LogP contribution in [0.25, 0.3) is 72.4 Å². The normalized spacial score (nSPS) is 12.5. The highest BCUT2D eigenvalue weighted by Crippen LogP contribution is 2.43. The van der Waals surface area contributed by atoms with E-state index in [1.54, 1.807) is 0 Å². The summed E-state index contributed by atoms with van der Waals surface area (Å²) < 4.78 is 13.0. The Bertz CT molecular complexity index is 2770. The maximum atomic E-state index is 6.52. The van der Waals surface area contributed by atoms with Crippen LogP contribution < -0.4 is 4.90 Å². The monoisotopic (exact) mass is 655 g/mol. The molecule has 0 unspecified atom stereocenters. The molecule has 0 atom stereocenters. The lowest BCUT2D eigenvalue weighted by molar-refractivity contribution is 0.596. The first-order chi connectivity index (χ1) is 25.3. The molecular weight excluding hydrogens is 623 g/mol. The SMILES string of the molecule is C1=Cc2oc3c(-c4cccc(N(c5cccc(-c6ccccc6)c5)c5cccc(-c6cccc7c6oc6ccccc67)c5)c4)cccc3c2CC1. The summed E-state index contributed by atoms with van der Waals surface area (Å²) in [5.41, 5.74) is 14.0. The molecule has 0 bridgehead atoms. The number of furan rings is 2. The molecule has 1 aliphatic carbocycles. The molecule has 9 aromatic rings. The Balaban J connectivity index is 1.15. The Morgan fingerprint density at radius 3 is 1.71 bits per heavy atom. The van der Waals surface area contributed by atoms with Gasteiger partial charge in [-0.15, -0.1) is 0 Å². The molecule has 3 nitrogen and oxygen atoms in total. The maximum absolute atomic E-state index is 6.52. The summed E-state index contributed by atoms with van der Waals surface area (Å²) >= 11 is 0. The molecule has 7 aromatic carbocycles. The second-order valence-corrected chi connectivity index (χ2v) is 13.2. The molecule has 51 heavy (non-hydrogen) atoms. The van der Waals surface area contributed by atoms with Gasteiger partial charge < -0.3 is 13.7 Å². The first-order valence-electron chi connectivity index (χ1n) is 17.6. The number of nitrogens with zero attached hydrogens (tertiary/aromatic N) is 1. The molecule has 0 fully saturated rings. The van der Waals surface area contributed by atoms with Crippen LogP contribution in [0.1, 0.15) is 17.7 Å². The molecule has 3 heteroatoms. The van der Waals surface area contributed by atoms with Crippen LogP contribution in [0.3, 0.4) is 0 Å². The van der Waals surface area contributed by atoms with Crippen molar-refractivity contribution in [1.82, 2.24) is 0 Å². The fraction of sp³-hybridized carbons (Fsp3) is 0.0417. The Labute approximate surface area is 296 Å². The van der Waals surface area contributed by atoms with E-state index < -0.39 is 0 Å². The summed E-state index contributed by atoms with van der Waals surface area (Å²) in [5, 5.41) is 3.46. The van der Waals surface area contributed by atoms with Gasteiger partial charge in [0.15, 0.2) is 0 Å². The molecular formula is C48H33NO2. The van der Waals surface area contributed by atoms with Crippen LogP contribution in [0.2, 0.25) is 0 Å². The highest BCUT2D eigenvalue weighted by Gasteiger charge is 2.20. The summed E-state index contributed by atoms with van der Waals surface area (Å²) in [4.78, 5) is 2.36. The lowest BCUT2D eigenvalue weighted by Crippen LogP contribution is -2.10. The number of aryl methyl sites for hydroxylation is 1. The number of hydrogen-bond donors (Lipinski definition) is 0. The summed E-state index contributed by atoms with van der Waals surface area (Å²) in [6, 6.07) is 58.2. The van der Waals surface area contributed by atoms with Crippen molar-refractivity contribution in [1.29, 1.82) is 0 Å². The molecule has 0 amide bonds. The molecule has 2 aromatic heterocycles. The van der Waals surface area contributed by atoms with Crippen molar-refractivity contribution in [3.8, 4) is 33.4 Å². The third-order valence-corrected chi connectivity index (χ3v) is 10.1. The fourth-order valence-electron chi connectivity index (χ4n) is 7.73. The predicted molar refractivity (Wildman–Crippen MR) is 212 cm³/mol. The topological polar surface area (TPSA) is 29.5 Å². The van der Waals surface area contributed by atoms with Gasteiger partial charge >= 0.3 is 0 Å². The van der Waals surface area contributed by atoms with Gasteiger partial charge in [0.25, 0.3) is 0 Å². The van der Waals surface area contributed by atoms with Gasteiger partial charge in [0.2, 0.25) is 0 Å². The van der Waals surface area contributed by atoms with Crippen LogP contribution in [0.5, 0.6) is 0 Å². The van der Waals surface area contributed by atoms with Crippen LogP contribution in [0.4, 0.5) is 17.1 Å². The first-order valence-corrected chi connectivity index (χ1v) is 17.6. The van der Waals surface area contributed by atoms with Crippen molar-refractivity contribution in [3.63, 3.8) is 0 Å². The van der Waals surface area contributed by atoms with Gasteiger partial charge in [-0.2, -0.15) is 0 Å². The quantitative estimate of drug-likeness (QED) is 0.179. The van der Waals surface area contributed by atoms with Crippen LogP contribution in [0.15, 0.2) is 179 Å². The summed E-state index contributed by atoms with van der Waals surface area (Å²) in [6.07, 6.45) is 6.38. The summed E-state index contributed by atoms with van der Waals surface area (Å²) in [5.74, 6) is 0.982. The third-order valence-electron chi connectivity index (χ3n) is 10.1. The lowest BCUT2D eigenvalue weighted by Gasteiger charge is -2.27. The molecule has 0 N–H and O–H groups in total. The molecule has 0 radical (unpaired) electrons. The number of fused-ring (bicyclic) bond motifs is 6.